The van der Waals surface area contributed by atoms with Gasteiger partial charge in [-0.25, -0.2) is 0 Å². The number of anilines is 1. The Balaban J connectivity index is 2.19. The highest BCUT2D eigenvalue weighted by Gasteiger charge is 2.42. The summed E-state index contributed by atoms with van der Waals surface area (Å²) in [5.41, 5.74) is -0.198. The quantitative estimate of drug-likeness (QED) is 0.800. The molecular weight excluding hydrogens is 288 g/mol. The molecule has 0 aromatic heterocycles. The lowest BCUT2D eigenvalue weighted by atomic mass is 9.87. The summed E-state index contributed by atoms with van der Waals surface area (Å²) in [5, 5.41) is 0. The van der Waals surface area contributed by atoms with Gasteiger partial charge in [-0.2, -0.15) is 0 Å². The van der Waals surface area contributed by atoms with Crippen LogP contribution in [0.25, 0.3) is 0 Å². The molecule has 2 rings (SSSR count). The number of amides is 2. The van der Waals surface area contributed by atoms with Gasteiger partial charge in [0.1, 0.15) is 5.41 Å². The molecule has 0 bridgehead atoms. The van der Waals surface area contributed by atoms with Crippen molar-refractivity contribution in [3.05, 3.63) is 30.3 Å². The average Bonchev–Trinajstić information content (AvgIpc) is 2.55. The first-order chi connectivity index (χ1) is 10.9. The molecule has 1 fully saturated rings. The minimum atomic E-state index is -1.04. The van der Waals surface area contributed by atoms with Crippen LogP contribution in [0.4, 0.5) is 5.69 Å². The van der Waals surface area contributed by atoms with E-state index < -0.39 is 5.41 Å². The fraction of sp³-hybridized carbons (Fsp3) is 0.579. The van der Waals surface area contributed by atoms with Crippen LogP contribution >= 0.6 is 0 Å². The molecule has 1 saturated heterocycles. The number of hydrogen-bond acceptors (Lipinski definition) is 2. The van der Waals surface area contributed by atoms with Crippen LogP contribution in [0.1, 0.15) is 40.5 Å². The molecule has 1 heterocycles. The van der Waals surface area contributed by atoms with Crippen molar-refractivity contribution in [2.75, 3.05) is 24.5 Å². The third kappa shape index (κ3) is 3.74. The van der Waals surface area contributed by atoms with E-state index in [1.54, 1.807) is 18.7 Å². The number of rotatable bonds is 4. The fourth-order valence-corrected chi connectivity index (χ4v) is 3.25. The zero-order valence-corrected chi connectivity index (χ0v) is 14.7. The highest BCUT2D eigenvalue weighted by molar-refractivity contribution is 6.11. The first kappa shape index (κ1) is 17.5. The Kier molecular flexibility index (Phi) is 5.45. The molecule has 1 aliphatic rings. The Morgan fingerprint density at radius 3 is 2.48 bits per heavy atom. The zero-order chi connectivity index (χ0) is 17.0. The maximum Gasteiger partial charge on any atom is 0.242 e. The van der Waals surface area contributed by atoms with Crippen LogP contribution in [-0.4, -0.2) is 36.3 Å². The number of piperidine rings is 1. The van der Waals surface area contributed by atoms with Crippen molar-refractivity contribution in [2.24, 2.45) is 11.3 Å². The summed E-state index contributed by atoms with van der Waals surface area (Å²) in [4.78, 5) is 29.5. The second-order valence-corrected chi connectivity index (χ2v) is 7.01. The predicted molar refractivity (Wildman–Crippen MR) is 93.2 cm³/mol. The molecule has 0 N–H and O–H groups in total. The van der Waals surface area contributed by atoms with E-state index in [0.717, 1.165) is 31.6 Å². The smallest absolute Gasteiger partial charge is 0.242 e. The molecule has 2 amide bonds. The van der Waals surface area contributed by atoms with Gasteiger partial charge < -0.3 is 9.80 Å². The van der Waals surface area contributed by atoms with Gasteiger partial charge in [-0.15, -0.1) is 0 Å². The van der Waals surface area contributed by atoms with E-state index in [9.17, 15) is 9.59 Å². The highest BCUT2D eigenvalue weighted by Crippen LogP contribution is 2.28. The molecule has 4 heteroatoms. The first-order valence-electron chi connectivity index (χ1n) is 8.54. The molecule has 1 aromatic rings. The monoisotopic (exact) mass is 316 g/mol. The van der Waals surface area contributed by atoms with Crippen molar-refractivity contribution in [3.8, 4) is 0 Å². The van der Waals surface area contributed by atoms with Crippen molar-refractivity contribution >= 4 is 17.5 Å². The van der Waals surface area contributed by atoms with Crippen LogP contribution in [0, 0.1) is 11.3 Å². The molecule has 0 saturated carbocycles. The van der Waals surface area contributed by atoms with Gasteiger partial charge >= 0.3 is 0 Å². The molecule has 126 valence electrons. The lowest BCUT2D eigenvalue weighted by Crippen LogP contribution is -2.53. The summed E-state index contributed by atoms with van der Waals surface area (Å²) in [5.74, 6) is 0.327. The predicted octanol–water partition coefficient (Wildman–Crippen LogP) is 3.32. The average molecular weight is 316 g/mol. The topological polar surface area (TPSA) is 40.6 Å². The van der Waals surface area contributed by atoms with E-state index in [-0.39, 0.29) is 11.8 Å². The zero-order valence-electron chi connectivity index (χ0n) is 14.7. The molecule has 4 nitrogen and oxygen atoms in total. The molecule has 1 aliphatic heterocycles. The number of carbonyl (C=O) groups excluding carboxylic acids is 2. The van der Waals surface area contributed by atoms with Crippen LogP contribution in [-0.2, 0) is 9.59 Å². The molecule has 23 heavy (non-hydrogen) atoms. The lowest BCUT2D eigenvalue weighted by molar-refractivity contribution is -0.148. The summed E-state index contributed by atoms with van der Waals surface area (Å²) in [6, 6.07) is 9.56. The Bertz CT molecular complexity index is 554. The van der Waals surface area contributed by atoms with Gasteiger partial charge in [-0.3, -0.25) is 9.59 Å². The second-order valence-electron chi connectivity index (χ2n) is 7.01. The van der Waals surface area contributed by atoms with E-state index in [1.807, 2.05) is 42.2 Å². The van der Waals surface area contributed by atoms with E-state index >= 15 is 0 Å². The minimum absolute atomic E-state index is 0.0524. The third-order valence-corrected chi connectivity index (χ3v) is 4.64. The standard InChI is InChI=1S/C19H28N2O2/c1-5-21(16-11-7-6-8-12-16)18(23)19(3,4)17(22)20-13-9-10-15(2)14-20/h6-8,11-12,15H,5,9-10,13-14H2,1-4H3. The van der Waals surface area contributed by atoms with Gasteiger partial charge in [-0.05, 0) is 51.7 Å². The van der Waals surface area contributed by atoms with Gasteiger partial charge in [0.25, 0.3) is 0 Å². The maximum atomic E-state index is 13.0. The highest BCUT2D eigenvalue weighted by atomic mass is 16.2. The normalized spacial score (nSPS) is 18.6. The molecule has 1 atom stereocenters. The van der Waals surface area contributed by atoms with Gasteiger partial charge in [0.05, 0.1) is 0 Å². The molecular formula is C19H28N2O2. The van der Waals surface area contributed by atoms with Crippen LogP contribution in [0.2, 0.25) is 0 Å². The summed E-state index contributed by atoms with van der Waals surface area (Å²) in [6.45, 7) is 9.68. The Morgan fingerprint density at radius 2 is 1.91 bits per heavy atom. The largest absolute Gasteiger partial charge is 0.342 e. The SMILES string of the molecule is CCN(C(=O)C(C)(C)C(=O)N1CCCC(C)C1)c1ccccc1. The minimum Gasteiger partial charge on any atom is -0.342 e. The molecule has 0 radical (unpaired) electrons. The third-order valence-electron chi connectivity index (χ3n) is 4.64. The van der Waals surface area contributed by atoms with E-state index in [4.69, 9.17) is 0 Å². The van der Waals surface area contributed by atoms with Crippen LogP contribution in [0.3, 0.4) is 0 Å². The number of carbonyl (C=O) groups is 2. The Morgan fingerprint density at radius 1 is 1.26 bits per heavy atom. The van der Waals surface area contributed by atoms with E-state index in [2.05, 4.69) is 6.92 Å². The van der Waals surface area contributed by atoms with Gasteiger partial charge in [0.15, 0.2) is 0 Å². The Labute approximate surface area is 139 Å². The summed E-state index contributed by atoms with van der Waals surface area (Å²) < 4.78 is 0. The van der Waals surface area contributed by atoms with Gasteiger partial charge in [0, 0.05) is 25.3 Å². The molecule has 1 aromatic carbocycles. The summed E-state index contributed by atoms with van der Waals surface area (Å²) >= 11 is 0. The summed E-state index contributed by atoms with van der Waals surface area (Å²) in [7, 11) is 0. The fourth-order valence-electron chi connectivity index (χ4n) is 3.25. The van der Waals surface area contributed by atoms with Crippen LogP contribution < -0.4 is 4.90 Å². The number of hydrogen-bond donors (Lipinski definition) is 0. The van der Waals surface area contributed by atoms with Crippen LogP contribution in [0.5, 0.6) is 0 Å². The molecule has 1 unspecified atom stereocenters. The first-order valence-corrected chi connectivity index (χ1v) is 8.54. The van der Waals surface area contributed by atoms with Crippen molar-refractivity contribution in [3.63, 3.8) is 0 Å². The van der Waals surface area contributed by atoms with E-state index in [1.165, 1.54) is 0 Å². The van der Waals surface area contributed by atoms with Gasteiger partial charge in [-0.1, -0.05) is 25.1 Å². The number of benzene rings is 1. The molecule has 0 spiro atoms. The second kappa shape index (κ2) is 7.16. The van der Waals surface area contributed by atoms with Crippen molar-refractivity contribution < 1.29 is 9.59 Å². The summed E-state index contributed by atoms with van der Waals surface area (Å²) in [6.07, 6.45) is 2.18. The number of likely N-dealkylation sites (tertiary alicyclic amines) is 1. The lowest BCUT2D eigenvalue weighted by Gasteiger charge is -2.38. The van der Waals surface area contributed by atoms with Gasteiger partial charge in [0.2, 0.25) is 11.8 Å². The van der Waals surface area contributed by atoms with Crippen LogP contribution in [0.15, 0.2) is 30.3 Å². The van der Waals surface area contributed by atoms with Crippen molar-refractivity contribution in [1.29, 1.82) is 0 Å². The number of para-hydroxylation sites is 1. The molecule has 0 aliphatic carbocycles. The Hall–Kier alpha value is -1.84. The maximum absolute atomic E-state index is 13.0. The van der Waals surface area contributed by atoms with Crippen molar-refractivity contribution in [2.45, 2.75) is 40.5 Å². The van der Waals surface area contributed by atoms with Crippen molar-refractivity contribution in [1.82, 2.24) is 4.90 Å². The van der Waals surface area contributed by atoms with E-state index in [0.29, 0.717) is 12.5 Å². The number of nitrogens with zero attached hydrogens (tertiary/aromatic N) is 2.